The highest BCUT2D eigenvalue weighted by molar-refractivity contribution is 5.95. The average Bonchev–Trinajstić information content (AvgIpc) is 2.70. The molecule has 0 aromatic heterocycles. The second kappa shape index (κ2) is 22.7. The average molecular weight is 411 g/mol. The lowest BCUT2D eigenvalue weighted by atomic mass is 10.1. The maximum absolute atomic E-state index is 11.8. The van der Waals surface area contributed by atoms with Crippen LogP contribution in [0.3, 0.4) is 0 Å². The van der Waals surface area contributed by atoms with E-state index in [0.29, 0.717) is 19.7 Å². The van der Waals surface area contributed by atoms with Gasteiger partial charge in [-0.25, -0.2) is 4.79 Å². The van der Waals surface area contributed by atoms with E-state index in [1.165, 1.54) is 57.8 Å². The standard InChI is InChI=1S/C23H46N4O2/c1-3-5-7-9-10-11-12-13-15-18-26-23(28)27-22(24)25-19-17-21-29-20-16-14-8-6-4-2/h3H,1,4-21H2,2H3,(H4,24,25,26,27,28). The first-order valence-electron chi connectivity index (χ1n) is 11.7. The van der Waals surface area contributed by atoms with Crippen molar-refractivity contribution in [2.45, 2.75) is 96.8 Å². The summed E-state index contributed by atoms with van der Waals surface area (Å²) < 4.78 is 5.58. The predicted molar refractivity (Wildman–Crippen MR) is 124 cm³/mol. The van der Waals surface area contributed by atoms with Crippen LogP contribution in [-0.2, 0) is 4.74 Å². The van der Waals surface area contributed by atoms with E-state index in [2.05, 4.69) is 29.1 Å². The Bertz CT molecular complexity index is 414. The molecule has 0 saturated heterocycles. The van der Waals surface area contributed by atoms with Crippen molar-refractivity contribution in [2.75, 3.05) is 26.3 Å². The number of guanidine groups is 1. The molecule has 0 atom stereocenters. The van der Waals surface area contributed by atoms with Gasteiger partial charge in [-0.05, 0) is 32.1 Å². The van der Waals surface area contributed by atoms with E-state index in [0.717, 1.165) is 38.7 Å². The molecule has 4 N–H and O–H groups in total. The monoisotopic (exact) mass is 410 g/mol. The van der Waals surface area contributed by atoms with Gasteiger partial charge < -0.3 is 15.8 Å². The minimum Gasteiger partial charge on any atom is -0.381 e. The third-order valence-electron chi connectivity index (χ3n) is 4.73. The number of aliphatic imine (C=N–C) groups is 1. The number of hydrogen-bond donors (Lipinski definition) is 3. The van der Waals surface area contributed by atoms with Gasteiger partial charge in [-0.2, -0.15) is 0 Å². The van der Waals surface area contributed by atoms with Crippen molar-refractivity contribution >= 4 is 12.0 Å². The van der Waals surface area contributed by atoms with Gasteiger partial charge in [0, 0.05) is 26.3 Å². The van der Waals surface area contributed by atoms with Crippen molar-refractivity contribution in [3.8, 4) is 0 Å². The first kappa shape index (κ1) is 27.4. The molecule has 0 heterocycles. The van der Waals surface area contributed by atoms with Gasteiger partial charge >= 0.3 is 6.03 Å². The largest absolute Gasteiger partial charge is 0.381 e. The Balaban J connectivity index is 3.42. The molecule has 0 unspecified atom stereocenters. The Kier molecular flexibility index (Phi) is 21.5. The molecule has 6 heteroatoms. The van der Waals surface area contributed by atoms with Crippen LogP contribution in [-0.4, -0.2) is 38.3 Å². The van der Waals surface area contributed by atoms with E-state index in [4.69, 9.17) is 10.5 Å². The Labute approximate surface area is 179 Å². The molecule has 0 spiro atoms. The van der Waals surface area contributed by atoms with Gasteiger partial charge in [0.2, 0.25) is 0 Å². The summed E-state index contributed by atoms with van der Waals surface area (Å²) in [4.78, 5) is 15.9. The topological polar surface area (TPSA) is 88.7 Å². The van der Waals surface area contributed by atoms with Crippen molar-refractivity contribution in [2.24, 2.45) is 10.7 Å². The van der Waals surface area contributed by atoms with Gasteiger partial charge in [0.15, 0.2) is 5.96 Å². The molecule has 29 heavy (non-hydrogen) atoms. The fraction of sp³-hybridized carbons (Fsp3) is 0.826. The molecular weight excluding hydrogens is 364 g/mol. The normalized spacial score (nSPS) is 11.4. The Morgan fingerprint density at radius 1 is 0.931 bits per heavy atom. The van der Waals surface area contributed by atoms with Crippen LogP contribution in [0.15, 0.2) is 17.6 Å². The zero-order valence-corrected chi connectivity index (χ0v) is 18.9. The third-order valence-corrected chi connectivity index (χ3v) is 4.73. The number of urea groups is 1. The lowest BCUT2D eigenvalue weighted by Crippen LogP contribution is -2.43. The highest BCUT2D eigenvalue weighted by Gasteiger charge is 2.01. The van der Waals surface area contributed by atoms with Gasteiger partial charge in [0.1, 0.15) is 0 Å². The summed E-state index contributed by atoms with van der Waals surface area (Å²) in [7, 11) is 0. The molecule has 0 bridgehead atoms. The van der Waals surface area contributed by atoms with Crippen LogP contribution in [0.4, 0.5) is 4.79 Å². The summed E-state index contributed by atoms with van der Waals surface area (Å²) in [5.41, 5.74) is 5.73. The van der Waals surface area contributed by atoms with E-state index in [-0.39, 0.29) is 12.0 Å². The molecule has 0 saturated carbocycles. The number of carbonyl (C=O) groups is 1. The summed E-state index contributed by atoms with van der Waals surface area (Å²) in [6, 6.07) is -0.279. The lowest BCUT2D eigenvalue weighted by Gasteiger charge is -2.07. The van der Waals surface area contributed by atoms with Gasteiger partial charge in [-0.1, -0.05) is 70.8 Å². The van der Waals surface area contributed by atoms with Crippen LogP contribution < -0.4 is 16.4 Å². The van der Waals surface area contributed by atoms with E-state index in [9.17, 15) is 4.79 Å². The molecular formula is C23H46N4O2. The SMILES string of the molecule is C=CCCCCCCCCCNC(=O)NC(N)=NCCCOCCCCCCC. The quantitative estimate of drug-likeness (QED) is 0.110. The number of hydrogen-bond acceptors (Lipinski definition) is 3. The number of amides is 2. The minimum absolute atomic E-state index is 0.168. The van der Waals surface area contributed by atoms with Crippen molar-refractivity contribution in [1.82, 2.24) is 10.6 Å². The van der Waals surface area contributed by atoms with Crippen molar-refractivity contribution in [3.05, 3.63) is 12.7 Å². The van der Waals surface area contributed by atoms with Crippen molar-refractivity contribution in [1.29, 1.82) is 0 Å². The summed E-state index contributed by atoms with van der Waals surface area (Å²) in [5.74, 6) is 0.168. The maximum Gasteiger partial charge on any atom is 0.321 e. The number of nitrogens with one attached hydrogen (secondary N) is 2. The van der Waals surface area contributed by atoms with E-state index in [1.54, 1.807) is 0 Å². The lowest BCUT2D eigenvalue weighted by molar-refractivity contribution is 0.129. The summed E-state index contributed by atoms with van der Waals surface area (Å²) in [6.07, 6.45) is 18.6. The number of unbranched alkanes of at least 4 members (excludes halogenated alkanes) is 11. The van der Waals surface area contributed by atoms with Gasteiger partial charge in [0.05, 0.1) is 0 Å². The smallest absolute Gasteiger partial charge is 0.321 e. The van der Waals surface area contributed by atoms with Crippen molar-refractivity contribution < 1.29 is 9.53 Å². The highest BCUT2D eigenvalue weighted by atomic mass is 16.5. The molecule has 0 radical (unpaired) electrons. The molecule has 0 aliphatic carbocycles. The third kappa shape index (κ3) is 22.6. The zero-order valence-electron chi connectivity index (χ0n) is 18.9. The maximum atomic E-state index is 11.8. The number of allylic oxidation sites excluding steroid dienone is 1. The van der Waals surface area contributed by atoms with Gasteiger partial charge in [-0.15, -0.1) is 6.58 Å². The summed E-state index contributed by atoms with van der Waals surface area (Å²) in [5, 5.41) is 5.40. The second-order valence-corrected chi connectivity index (χ2v) is 7.58. The van der Waals surface area contributed by atoms with Gasteiger partial charge in [-0.3, -0.25) is 10.3 Å². The summed E-state index contributed by atoms with van der Waals surface area (Å²) in [6.45, 7) is 8.69. The number of carbonyl (C=O) groups excluding carboxylic acids is 1. The summed E-state index contributed by atoms with van der Waals surface area (Å²) >= 11 is 0. The predicted octanol–water partition coefficient (Wildman–Crippen LogP) is 5.28. The fourth-order valence-corrected chi connectivity index (χ4v) is 2.98. The molecule has 0 rings (SSSR count). The van der Waals surface area contributed by atoms with Crippen LogP contribution in [0.2, 0.25) is 0 Å². The van der Waals surface area contributed by atoms with Crippen LogP contribution in [0.25, 0.3) is 0 Å². The molecule has 0 aromatic carbocycles. The van der Waals surface area contributed by atoms with Gasteiger partial charge in [0.25, 0.3) is 0 Å². The number of nitrogens with two attached hydrogens (primary N) is 1. The number of rotatable bonds is 20. The molecule has 170 valence electrons. The highest BCUT2D eigenvalue weighted by Crippen LogP contribution is 2.08. The minimum atomic E-state index is -0.279. The van der Waals surface area contributed by atoms with E-state index < -0.39 is 0 Å². The molecule has 0 aliphatic heterocycles. The van der Waals surface area contributed by atoms with Crippen LogP contribution in [0.1, 0.15) is 96.8 Å². The Hall–Kier alpha value is -1.56. The molecule has 0 aromatic rings. The fourth-order valence-electron chi connectivity index (χ4n) is 2.98. The first-order valence-corrected chi connectivity index (χ1v) is 11.7. The number of ether oxygens (including phenoxy) is 1. The second-order valence-electron chi connectivity index (χ2n) is 7.58. The van der Waals surface area contributed by atoms with E-state index >= 15 is 0 Å². The van der Waals surface area contributed by atoms with E-state index in [1.807, 2.05) is 6.08 Å². The molecule has 0 aliphatic rings. The van der Waals surface area contributed by atoms with Crippen LogP contribution in [0.5, 0.6) is 0 Å². The zero-order chi connectivity index (χ0) is 21.4. The number of nitrogens with zero attached hydrogens (tertiary/aromatic N) is 1. The Morgan fingerprint density at radius 2 is 1.55 bits per heavy atom. The van der Waals surface area contributed by atoms with Crippen LogP contribution in [0, 0.1) is 0 Å². The van der Waals surface area contributed by atoms with Crippen LogP contribution >= 0.6 is 0 Å². The first-order chi connectivity index (χ1) is 14.2. The van der Waals surface area contributed by atoms with Crippen molar-refractivity contribution in [3.63, 3.8) is 0 Å². The Morgan fingerprint density at radius 3 is 2.28 bits per heavy atom. The molecule has 2 amide bonds. The molecule has 6 nitrogen and oxygen atoms in total. The molecule has 0 fully saturated rings.